The Morgan fingerprint density at radius 1 is 1.41 bits per heavy atom. The lowest BCUT2D eigenvalue weighted by Gasteiger charge is -2.21. The summed E-state index contributed by atoms with van der Waals surface area (Å²) >= 11 is 0. The predicted octanol–water partition coefficient (Wildman–Crippen LogP) is 2.84. The number of fused-ring (bicyclic) bond motifs is 1. The Bertz CT molecular complexity index is 423. The van der Waals surface area contributed by atoms with Crippen LogP contribution in [0.15, 0.2) is 18.2 Å². The molecule has 0 fully saturated rings. The molecular formula is C14H18O3. The van der Waals surface area contributed by atoms with Crippen molar-refractivity contribution in [3.63, 3.8) is 0 Å². The summed E-state index contributed by atoms with van der Waals surface area (Å²) in [5.74, 6) is -0.179. The van der Waals surface area contributed by atoms with E-state index in [1.165, 1.54) is 0 Å². The van der Waals surface area contributed by atoms with Crippen molar-refractivity contribution in [1.82, 2.24) is 0 Å². The minimum absolute atomic E-state index is 0.0926. The van der Waals surface area contributed by atoms with Crippen molar-refractivity contribution in [3.8, 4) is 5.75 Å². The number of aliphatic carboxylic acids is 1. The molecule has 0 saturated heterocycles. The maximum atomic E-state index is 11.3. The van der Waals surface area contributed by atoms with E-state index in [2.05, 4.69) is 0 Å². The Balaban J connectivity index is 2.35. The number of carbonyl (C=O) groups is 1. The standard InChI is InChI=1S/C14H18O3/c1-9(2)13(14(15)16)11-5-6-12-10(8-11)4-3-7-17-12/h5-6,8-9,13H,3-4,7H2,1-2H3,(H,15,16). The molecule has 92 valence electrons. The number of rotatable bonds is 3. The fourth-order valence-electron chi connectivity index (χ4n) is 2.39. The van der Waals surface area contributed by atoms with Crippen molar-refractivity contribution < 1.29 is 14.6 Å². The number of benzene rings is 1. The zero-order valence-electron chi connectivity index (χ0n) is 10.3. The largest absolute Gasteiger partial charge is 0.493 e. The van der Waals surface area contributed by atoms with Crippen LogP contribution in [0.4, 0.5) is 0 Å². The molecule has 0 spiro atoms. The Morgan fingerprint density at radius 2 is 2.18 bits per heavy atom. The smallest absolute Gasteiger partial charge is 0.311 e. The van der Waals surface area contributed by atoms with Gasteiger partial charge in [-0.25, -0.2) is 0 Å². The van der Waals surface area contributed by atoms with E-state index in [-0.39, 0.29) is 5.92 Å². The van der Waals surface area contributed by atoms with E-state index in [4.69, 9.17) is 4.74 Å². The van der Waals surface area contributed by atoms with Crippen LogP contribution in [0, 0.1) is 5.92 Å². The van der Waals surface area contributed by atoms with Gasteiger partial charge < -0.3 is 9.84 Å². The van der Waals surface area contributed by atoms with Crippen LogP contribution >= 0.6 is 0 Å². The van der Waals surface area contributed by atoms with Gasteiger partial charge in [-0.15, -0.1) is 0 Å². The third-order valence-electron chi connectivity index (χ3n) is 3.22. The maximum absolute atomic E-state index is 11.3. The normalized spacial score (nSPS) is 16.2. The molecule has 2 rings (SSSR count). The first-order valence-electron chi connectivity index (χ1n) is 6.08. The fraction of sp³-hybridized carbons (Fsp3) is 0.500. The Hall–Kier alpha value is -1.51. The van der Waals surface area contributed by atoms with Crippen molar-refractivity contribution in [3.05, 3.63) is 29.3 Å². The van der Waals surface area contributed by atoms with Crippen LogP contribution in [-0.4, -0.2) is 17.7 Å². The Morgan fingerprint density at radius 3 is 2.82 bits per heavy atom. The zero-order chi connectivity index (χ0) is 12.4. The summed E-state index contributed by atoms with van der Waals surface area (Å²) in [5, 5.41) is 9.27. The molecule has 1 atom stereocenters. The molecule has 0 radical (unpaired) electrons. The van der Waals surface area contributed by atoms with Gasteiger partial charge in [-0.05, 0) is 36.0 Å². The lowest BCUT2D eigenvalue weighted by molar-refractivity contribution is -0.139. The SMILES string of the molecule is CC(C)C(C(=O)O)c1ccc2c(c1)CCCO2. The molecule has 3 nitrogen and oxygen atoms in total. The van der Waals surface area contributed by atoms with E-state index < -0.39 is 11.9 Å². The molecule has 0 bridgehead atoms. The van der Waals surface area contributed by atoms with Gasteiger partial charge >= 0.3 is 5.97 Å². The van der Waals surface area contributed by atoms with Crippen LogP contribution in [0.25, 0.3) is 0 Å². The van der Waals surface area contributed by atoms with Crippen LogP contribution in [-0.2, 0) is 11.2 Å². The molecule has 17 heavy (non-hydrogen) atoms. The van der Waals surface area contributed by atoms with Crippen LogP contribution in [0.5, 0.6) is 5.75 Å². The summed E-state index contributed by atoms with van der Waals surface area (Å²) in [6, 6.07) is 5.78. The van der Waals surface area contributed by atoms with Crippen LogP contribution in [0.1, 0.15) is 37.3 Å². The molecule has 0 saturated carbocycles. The third kappa shape index (κ3) is 2.43. The Labute approximate surface area is 101 Å². The van der Waals surface area contributed by atoms with Gasteiger partial charge in [0.2, 0.25) is 0 Å². The zero-order valence-corrected chi connectivity index (χ0v) is 10.3. The van der Waals surface area contributed by atoms with Crippen LogP contribution in [0.2, 0.25) is 0 Å². The molecule has 1 N–H and O–H groups in total. The molecule has 1 heterocycles. The number of aryl methyl sites for hydroxylation is 1. The van der Waals surface area contributed by atoms with Crippen molar-refractivity contribution >= 4 is 5.97 Å². The van der Waals surface area contributed by atoms with Crippen LogP contribution < -0.4 is 4.74 Å². The Kier molecular flexibility index (Phi) is 3.36. The van der Waals surface area contributed by atoms with Crippen molar-refractivity contribution in [2.24, 2.45) is 5.92 Å². The van der Waals surface area contributed by atoms with Gasteiger partial charge in [0.15, 0.2) is 0 Å². The molecule has 1 aliphatic heterocycles. The average Bonchev–Trinajstić information content (AvgIpc) is 2.28. The first-order valence-corrected chi connectivity index (χ1v) is 6.08. The minimum Gasteiger partial charge on any atom is -0.493 e. The van der Waals surface area contributed by atoms with Gasteiger partial charge in [-0.1, -0.05) is 26.0 Å². The van der Waals surface area contributed by atoms with Gasteiger partial charge in [0, 0.05) is 0 Å². The number of hydrogen-bond acceptors (Lipinski definition) is 2. The van der Waals surface area contributed by atoms with Gasteiger partial charge in [0.1, 0.15) is 5.75 Å². The van der Waals surface area contributed by atoms with E-state index in [9.17, 15) is 9.90 Å². The highest BCUT2D eigenvalue weighted by Gasteiger charge is 2.24. The minimum atomic E-state index is -0.753. The van der Waals surface area contributed by atoms with Gasteiger partial charge in [-0.2, -0.15) is 0 Å². The lowest BCUT2D eigenvalue weighted by atomic mass is 9.87. The van der Waals surface area contributed by atoms with Gasteiger partial charge in [0.05, 0.1) is 12.5 Å². The summed E-state index contributed by atoms with van der Waals surface area (Å²) < 4.78 is 5.53. The van der Waals surface area contributed by atoms with E-state index in [0.29, 0.717) is 0 Å². The highest BCUT2D eigenvalue weighted by molar-refractivity contribution is 5.76. The van der Waals surface area contributed by atoms with Crippen LogP contribution in [0.3, 0.4) is 0 Å². The topological polar surface area (TPSA) is 46.5 Å². The second-order valence-electron chi connectivity index (χ2n) is 4.88. The molecule has 1 aromatic carbocycles. The third-order valence-corrected chi connectivity index (χ3v) is 3.22. The fourth-order valence-corrected chi connectivity index (χ4v) is 2.39. The lowest BCUT2D eigenvalue weighted by Crippen LogP contribution is -2.18. The van der Waals surface area contributed by atoms with Crippen molar-refractivity contribution in [2.45, 2.75) is 32.6 Å². The number of carboxylic acid groups (broad SMARTS) is 1. The van der Waals surface area contributed by atoms with E-state index in [0.717, 1.165) is 36.3 Å². The molecule has 0 amide bonds. The summed E-state index contributed by atoms with van der Waals surface area (Å²) in [6.07, 6.45) is 1.99. The monoisotopic (exact) mass is 234 g/mol. The van der Waals surface area contributed by atoms with E-state index in [1.807, 2.05) is 32.0 Å². The molecule has 0 aromatic heterocycles. The quantitative estimate of drug-likeness (QED) is 0.874. The summed E-state index contributed by atoms with van der Waals surface area (Å²) in [7, 11) is 0. The molecular weight excluding hydrogens is 216 g/mol. The number of hydrogen-bond donors (Lipinski definition) is 1. The predicted molar refractivity (Wildman–Crippen MR) is 65.5 cm³/mol. The first-order chi connectivity index (χ1) is 8.09. The van der Waals surface area contributed by atoms with Crippen molar-refractivity contribution in [1.29, 1.82) is 0 Å². The number of ether oxygens (including phenoxy) is 1. The van der Waals surface area contributed by atoms with Crippen molar-refractivity contribution in [2.75, 3.05) is 6.61 Å². The maximum Gasteiger partial charge on any atom is 0.311 e. The summed E-state index contributed by atoms with van der Waals surface area (Å²) in [4.78, 5) is 11.3. The van der Waals surface area contributed by atoms with Gasteiger partial charge in [0.25, 0.3) is 0 Å². The summed E-state index contributed by atoms with van der Waals surface area (Å²) in [5.41, 5.74) is 2.03. The highest BCUT2D eigenvalue weighted by atomic mass is 16.5. The molecule has 0 aliphatic carbocycles. The van der Waals surface area contributed by atoms with E-state index in [1.54, 1.807) is 0 Å². The van der Waals surface area contributed by atoms with Gasteiger partial charge in [-0.3, -0.25) is 4.79 Å². The molecule has 3 heteroatoms. The first kappa shape index (κ1) is 12.0. The van der Waals surface area contributed by atoms with E-state index >= 15 is 0 Å². The second-order valence-corrected chi connectivity index (χ2v) is 4.88. The number of carboxylic acids is 1. The molecule has 1 unspecified atom stereocenters. The second kappa shape index (κ2) is 4.78. The average molecular weight is 234 g/mol. The molecule has 1 aromatic rings. The highest BCUT2D eigenvalue weighted by Crippen LogP contribution is 2.31. The molecule has 1 aliphatic rings. The summed E-state index contributed by atoms with van der Waals surface area (Å²) in [6.45, 7) is 4.64.